The molecule has 1 N–H and O–H groups in total. The molecule has 12 heteroatoms. The van der Waals surface area contributed by atoms with E-state index < -0.39 is 11.9 Å². The number of anilines is 1. The SMILES string of the molecule is CCSc1nsc(NC(=O)C(C#N)=Cc2cc(Cl)c(OC(=O)c3ccco3)c(OC)c2)n1. The number of rotatable bonds is 8. The van der Waals surface area contributed by atoms with Gasteiger partial charge in [0.25, 0.3) is 5.91 Å². The number of methoxy groups -OCH3 is 1. The molecular formula is C20H15ClN4O5S2. The fourth-order valence-corrected chi connectivity index (χ4v) is 3.91. The molecule has 32 heavy (non-hydrogen) atoms. The molecule has 9 nitrogen and oxygen atoms in total. The molecule has 0 aliphatic rings. The molecule has 3 aromatic rings. The number of hydrogen-bond donors (Lipinski definition) is 1. The van der Waals surface area contributed by atoms with Crippen molar-refractivity contribution in [1.82, 2.24) is 9.36 Å². The van der Waals surface area contributed by atoms with Crippen molar-refractivity contribution in [1.29, 1.82) is 5.26 Å². The van der Waals surface area contributed by atoms with Crippen LogP contribution in [0.3, 0.4) is 0 Å². The van der Waals surface area contributed by atoms with Gasteiger partial charge in [-0.3, -0.25) is 10.1 Å². The number of hydrogen-bond acceptors (Lipinski definition) is 10. The highest BCUT2D eigenvalue weighted by Gasteiger charge is 2.19. The van der Waals surface area contributed by atoms with Crippen molar-refractivity contribution >= 4 is 58.0 Å². The number of furan rings is 1. The molecule has 0 spiro atoms. The number of benzene rings is 1. The molecule has 0 aliphatic carbocycles. The van der Waals surface area contributed by atoms with Crippen LogP contribution in [-0.2, 0) is 4.79 Å². The van der Waals surface area contributed by atoms with Gasteiger partial charge < -0.3 is 13.9 Å². The van der Waals surface area contributed by atoms with Crippen molar-refractivity contribution in [2.24, 2.45) is 0 Å². The van der Waals surface area contributed by atoms with Crippen molar-refractivity contribution in [2.75, 3.05) is 18.2 Å². The zero-order valence-corrected chi connectivity index (χ0v) is 19.1. The van der Waals surface area contributed by atoms with Crippen LogP contribution in [0.2, 0.25) is 5.02 Å². The van der Waals surface area contributed by atoms with E-state index in [1.54, 1.807) is 6.07 Å². The predicted octanol–water partition coefficient (Wildman–Crippen LogP) is 4.67. The van der Waals surface area contributed by atoms with E-state index in [2.05, 4.69) is 14.7 Å². The number of nitriles is 1. The lowest BCUT2D eigenvalue weighted by Gasteiger charge is -2.11. The summed E-state index contributed by atoms with van der Waals surface area (Å²) in [6.45, 7) is 1.96. The Balaban J connectivity index is 1.82. The number of nitrogens with one attached hydrogen (secondary N) is 1. The first-order valence-corrected chi connectivity index (χ1v) is 11.1. The van der Waals surface area contributed by atoms with Gasteiger partial charge in [0.1, 0.15) is 11.6 Å². The molecule has 2 heterocycles. The van der Waals surface area contributed by atoms with Gasteiger partial charge in [-0.15, -0.1) is 0 Å². The van der Waals surface area contributed by atoms with Crippen LogP contribution in [0.5, 0.6) is 11.5 Å². The molecule has 3 rings (SSSR count). The average molecular weight is 491 g/mol. The summed E-state index contributed by atoms with van der Waals surface area (Å²) in [7, 11) is 1.36. The standard InChI is InChI=1S/C20H15ClN4O5S2/c1-3-31-20-24-19(32-25-20)23-17(26)12(10-22)7-11-8-13(21)16(15(9-11)28-2)30-18(27)14-5-4-6-29-14/h4-9H,3H2,1-2H3,(H,23,24,25,26). The molecule has 164 valence electrons. The Kier molecular flexibility index (Phi) is 7.88. The molecule has 0 atom stereocenters. The first-order chi connectivity index (χ1) is 15.4. The lowest BCUT2D eigenvalue weighted by Crippen LogP contribution is -2.13. The van der Waals surface area contributed by atoms with Crippen LogP contribution in [0.15, 0.2) is 45.7 Å². The zero-order chi connectivity index (χ0) is 23.1. The van der Waals surface area contributed by atoms with Crippen molar-refractivity contribution in [3.63, 3.8) is 0 Å². The van der Waals surface area contributed by atoms with Gasteiger partial charge in [0, 0.05) is 11.5 Å². The lowest BCUT2D eigenvalue weighted by atomic mass is 10.1. The monoisotopic (exact) mass is 490 g/mol. The van der Waals surface area contributed by atoms with Gasteiger partial charge in [-0.1, -0.05) is 30.3 Å². The molecule has 0 fully saturated rings. The minimum atomic E-state index is -0.756. The van der Waals surface area contributed by atoms with E-state index in [0.29, 0.717) is 10.7 Å². The van der Waals surface area contributed by atoms with Crippen molar-refractivity contribution < 1.29 is 23.5 Å². The van der Waals surface area contributed by atoms with Crippen LogP contribution in [0.4, 0.5) is 5.13 Å². The smallest absolute Gasteiger partial charge is 0.379 e. The third kappa shape index (κ3) is 5.67. The Morgan fingerprint density at radius 3 is 2.91 bits per heavy atom. The van der Waals surface area contributed by atoms with Gasteiger partial charge in [-0.2, -0.15) is 14.6 Å². The Labute approximate surface area is 196 Å². The third-order valence-electron chi connectivity index (χ3n) is 3.75. The molecule has 0 saturated heterocycles. The summed E-state index contributed by atoms with van der Waals surface area (Å²) in [6.07, 6.45) is 2.66. The summed E-state index contributed by atoms with van der Waals surface area (Å²) < 4.78 is 19.6. The maximum absolute atomic E-state index is 12.5. The number of aromatic nitrogens is 2. The Bertz CT molecular complexity index is 1200. The van der Waals surface area contributed by atoms with E-state index in [-0.39, 0.29) is 33.0 Å². The molecule has 0 saturated carbocycles. The van der Waals surface area contributed by atoms with Gasteiger partial charge in [-0.25, -0.2) is 4.79 Å². The number of ether oxygens (including phenoxy) is 2. The van der Waals surface area contributed by atoms with Gasteiger partial charge in [-0.05, 0) is 41.7 Å². The number of nitrogens with zero attached hydrogens (tertiary/aromatic N) is 3. The van der Waals surface area contributed by atoms with E-state index in [9.17, 15) is 14.9 Å². The molecule has 1 amide bonds. The third-order valence-corrected chi connectivity index (χ3v) is 5.50. The second-order valence-electron chi connectivity index (χ2n) is 5.84. The van der Waals surface area contributed by atoms with E-state index in [0.717, 1.165) is 17.3 Å². The summed E-state index contributed by atoms with van der Waals surface area (Å²) in [4.78, 5) is 28.8. The highest BCUT2D eigenvalue weighted by molar-refractivity contribution is 7.99. The fraction of sp³-hybridized carbons (Fsp3) is 0.150. The van der Waals surface area contributed by atoms with Crippen LogP contribution in [-0.4, -0.2) is 34.1 Å². The normalized spacial score (nSPS) is 11.0. The van der Waals surface area contributed by atoms with Gasteiger partial charge in [0.2, 0.25) is 16.0 Å². The molecular weight excluding hydrogens is 476 g/mol. The zero-order valence-electron chi connectivity index (χ0n) is 16.7. The summed E-state index contributed by atoms with van der Waals surface area (Å²) in [5.41, 5.74) is 0.194. The number of carbonyl (C=O) groups excluding carboxylic acids is 2. The lowest BCUT2D eigenvalue weighted by molar-refractivity contribution is -0.112. The summed E-state index contributed by atoms with van der Waals surface area (Å²) in [6, 6.07) is 7.74. The van der Waals surface area contributed by atoms with Gasteiger partial charge >= 0.3 is 5.97 Å². The first-order valence-electron chi connectivity index (χ1n) is 8.98. The van der Waals surface area contributed by atoms with Crippen molar-refractivity contribution in [2.45, 2.75) is 12.1 Å². The van der Waals surface area contributed by atoms with Gasteiger partial charge in [0.15, 0.2) is 11.5 Å². The van der Waals surface area contributed by atoms with Crippen molar-refractivity contribution in [3.8, 4) is 17.6 Å². The first kappa shape index (κ1) is 23.3. The Morgan fingerprint density at radius 2 is 2.25 bits per heavy atom. The number of amides is 1. The predicted molar refractivity (Wildman–Crippen MR) is 120 cm³/mol. The maximum Gasteiger partial charge on any atom is 0.379 e. The Hall–Kier alpha value is -3.33. The minimum absolute atomic E-state index is 0.00676. The van der Waals surface area contributed by atoms with E-state index in [1.165, 1.54) is 49.4 Å². The fourth-order valence-electron chi connectivity index (χ4n) is 2.39. The number of esters is 1. The second kappa shape index (κ2) is 10.8. The highest BCUT2D eigenvalue weighted by atomic mass is 35.5. The van der Waals surface area contributed by atoms with E-state index in [4.69, 9.17) is 25.5 Å². The molecule has 0 radical (unpaired) electrons. The molecule has 1 aromatic carbocycles. The maximum atomic E-state index is 12.5. The molecule has 0 unspecified atom stereocenters. The summed E-state index contributed by atoms with van der Waals surface area (Å²) >= 11 is 8.72. The van der Waals surface area contributed by atoms with Crippen LogP contribution < -0.4 is 14.8 Å². The van der Waals surface area contributed by atoms with E-state index in [1.807, 2.05) is 13.0 Å². The molecule has 2 aromatic heterocycles. The second-order valence-corrected chi connectivity index (χ2v) is 8.23. The number of halogens is 1. The summed E-state index contributed by atoms with van der Waals surface area (Å²) in [5.74, 6) is -0.513. The van der Waals surface area contributed by atoms with Gasteiger partial charge in [0.05, 0.1) is 18.4 Å². The topological polar surface area (TPSA) is 127 Å². The van der Waals surface area contributed by atoms with Crippen LogP contribution in [0.25, 0.3) is 6.08 Å². The van der Waals surface area contributed by atoms with Crippen LogP contribution in [0.1, 0.15) is 23.0 Å². The van der Waals surface area contributed by atoms with Crippen molar-refractivity contribution in [3.05, 3.63) is 52.4 Å². The Morgan fingerprint density at radius 1 is 1.44 bits per heavy atom. The van der Waals surface area contributed by atoms with Crippen LogP contribution in [0, 0.1) is 11.3 Å². The number of carbonyl (C=O) groups is 2. The number of thioether (sulfide) groups is 1. The van der Waals surface area contributed by atoms with E-state index >= 15 is 0 Å². The molecule has 0 aliphatic heterocycles. The molecule has 0 bridgehead atoms. The average Bonchev–Trinajstić information content (AvgIpc) is 3.46. The van der Waals surface area contributed by atoms with Crippen LogP contribution >= 0.6 is 34.9 Å². The largest absolute Gasteiger partial charge is 0.493 e. The highest BCUT2D eigenvalue weighted by Crippen LogP contribution is 2.37. The summed E-state index contributed by atoms with van der Waals surface area (Å²) in [5, 5.41) is 12.9. The quantitative estimate of drug-likeness (QED) is 0.157. The minimum Gasteiger partial charge on any atom is -0.493 e.